The number of rotatable bonds is 0. The van der Waals surface area contributed by atoms with Crippen LogP contribution in [0.1, 0.15) is 44.9 Å². The van der Waals surface area contributed by atoms with Crippen molar-refractivity contribution in [2.45, 2.75) is 50.5 Å². The molecule has 0 heterocycles. The van der Waals surface area contributed by atoms with E-state index >= 15 is 0 Å². The molecule has 2 fully saturated rings. The van der Waals surface area contributed by atoms with E-state index in [2.05, 4.69) is 0 Å². The highest BCUT2D eigenvalue weighted by Gasteiger charge is 2.47. The summed E-state index contributed by atoms with van der Waals surface area (Å²) < 4.78 is 0. The zero-order valence-corrected chi connectivity index (χ0v) is 7.38. The highest BCUT2D eigenvalue weighted by atomic mass is 16.3. The van der Waals surface area contributed by atoms with E-state index in [-0.39, 0.29) is 11.7 Å². The highest BCUT2D eigenvalue weighted by Crippen LogP contribution is 2.41. The van der Waals surface area contributed by atoms with Crippen LogP contribution in [0.4, 0.5) is 0 Å². The van der Waals surface area contributed by atoms with Crippen molar-refractivity contribution in [1.82, 2.24) is 0 Å². The van der Waals surface area contributed by atoms with Crippen molar-refractivity contribution in [3.05, 3.63) is 0 Å². The Morgan fingerprint density at radius 3 is 2.92 bits per heavy atom. The number of aliphatic hydroxyl groups is 1. The minimum absolute atomic E-state index is 0.106. The van der Waals surface area contributed by atoms with Crippen LogP contribution < -0.4 is 0 Å². The second-order valence-electron chi connectivity index (χ2n) is 4.18. The average molecular weight is 168 g/mol. The first kappa shape index (κ1) is 8.24. The molecule has 12 heavy (non-hydrogen) atoms. The smallest absolute Gasteiger partial charge is 0.164 e. The molecule has 0 saturated heterocycles. The highest BCUT2D eigenvalue weighted by molar-refractivity contribution is 5.89. The summed E-state index contributed by atoms with van der Waals surface area (Å²) in [7, 11) is 0. The topological polar surface area (TPSA) is 37.3 Å². The van der Waals surface area contributed by atoms with E-state index in [1.54, 1.807) is 0 Å². The Morgan fingerprint density at radius 1 is 1.25 bits per heavy atom. The molecule has 0 amide bonds. The largest absolute Gasteiger partial charge is 0.382 e. The Morgan fingerprint density at radius 2 is 2.08 bits per heavy atom. The summed E-state index contributed by atoms with van der Waals surface area (Å²) in [6.07, 6.45) is 6.72. The van der Waals surface area contributed by atoms with Crippen LogP contribution in [0.2, 0.25) is 0 Å². The molecule has 0 aromatic heterocycles. The van der Waals surface area contributed by atoms with Gasteiger partial charge in [-0.05, 0) is 25.2 Å². The Labute approximate surface area is 73.0 Å². The standard InChI is InChI=1S/C10H16O2/c11-9-6-5-8-4-2-1-3-7-10(8,9)12/h8,12H,1-7H2/t8-,10-/m1/s1. The van der Waals surface area contributed by atoms with E-state index in [1.165, 1.54) is 12.8 Å². The predicted molar refractivity (Wildman–Crippen MR) is 45.8 cm³/mol. The van der Waals surface area contributed by atoms with Gasteiger partial charge in [-0.15, -0.1) is 0 Å². The Balaban J connectivity index is 2.21. The maximum Gasteiger partial charge on any atom is 0.164 e. The lowest BCUT2D eigenvalue weighted by Gasteiger charge is -2.25. The van der Waals surface area contributed by atoms with Crippen LogP contribution in [-0.4, -0.2) is 16.5 Å². The quantitative estimate of drug-likeness (QED) is 0.597. The van der Waals surface area contributed by atoms with Crippen LogP contribution in [-0.2, 0) is 4.79 Å². The zero-order chi connectivity index (χ0) is 8.60. The first-order valence-electron chi connectivity index (χ1n) is 4.99. The normalized spacial score (nSPS) is 42.4. The Bertz CT molecular complexity index is 200. The van der Waals surface area contributed by atoms with Gasteiger partial charge >= 0.3 is 0 Å². The van der Waals surface area contributed by atoms with Crippen LogP contribution in [0.5, 0.6) is 0 Å². The summed E-state index contributed by atoms with van der Waals surface area (Å²) in [5.74, 6) is 0.391. The average Bonchev–Trinajstić information content (AvgIpc) is 2.24. The van der Waals surface area contributed by atoms with Gasteiger partial charge in [0, 0.05) is 6.42 Å². The molecule has 0 aromatic rings. The summed E-state index contributed by atoms with van der Waals surface area (Å²) in [6, 6.07) is 0. The molecule has 2 aliphatic carbocycles. The molecule has 68 valence electrons. The molecular weight excluding hydrogens is 152 g/mol. The van der Waals surface area contributed by atoms with Gasteiger partial charge in [-0.3, -0.25) is 4.79 Å². The van der Waals surface area contributed by atoms with E-state index in [9.17, 15) is 9.90 Å². The van der Waals surface area contributed by atoms with Gasteiger partial charge in [0.1, 0.15) is 5.60 Å². The zero-order valence-electron chi connectivity index (χ0n) is 7.38. The van der Waals surface area contributed by atoms with Crippen LogP contribution >= 0.6 is 0 Å². The van der Waals surface area contributed by atoms with Crippen LogP contribution in [0.15, 0.2) is 0 Å². The molecule has 0 bridgehead atoms. The monoisotopic (exact) mass is 168 g/mol. The molecular formula is C10H16O2. The van der Waals surface area contributed by atoms with Gasteiger partial charge in [0.15, 0.2) is 5.78 Å². The lowest BCUT2D eigenvalue weighted by Crippen LogP contribution is -2.39. The molecule has 1 N–H and O–H groups in total. The van der Waals surface area contributed by atoms with Gasteiger partial charge in [-0.1, -0.05) is 19.3 Å². The first-order chi connectivity index (χ1) is 5.73. The van der Waals surface area contributed by atoms with Crippen molar-refractivity contribution in [1.29, 1.82) is 0 Å². The van der Waals surface area contributed by atoms with Crippen LogP contribution in [0, 0.1) is 5.92 Å². The fourth-order valence-electron chi connectivity index (χ4n) is 2.68. The SMILES string of the molecule is O=C1CC[C@H]2CCCCC[C@]12O. The van der Waals surface area contributed by atoms with Crippen LogP contribution in [0.25, 0.3) is 0 Å². The number of Topliss-reactive ketones (excluding diaryl/α,β-unsaturated/α-hetero) is 1. The Kier molecular flexibility index (Phi) is 1.95. The van der Waals surface area contributed by atoms with Crippen molar-refractivity contribution < 1.29 is 9.90 Å². The van der Waals surface area contributed by atoms with Crippen molar-refractivity contribution >= 4 is 5.78 Å². The summed E-state index contributed by atoms with van der Waals surface area (Å²) in [6.45, 7) is 0. The van der Waals surface area contributed by atoms with E-state index in [1.807, 2.05) is 0 Å². The van der Waals surface area contributed by atoms with Gasteiger partial charge in [-0.2, -0.15) is 0 Å². The van der Waals surface area contributed by atoms with Crippen molar-refractivity contribution in [3.63, 3.8) is 0 Å². The predicted octanol–water partition coefficient (Wildman–Crippen LogP) is 1.66. The molecule has 2 atom stereocenters. The summed E-state index contributed by atoms with van der Waals surface area (Å²) in [5, 5.41) is 10.1. The first-order valence-corrected chi connectivity index (χ1v) is 4.99. The second-order valence-corrected chi connectivity index (χ2v) is 4.18. The van der Waals surface area contributed by atoms with Gasteiger partial charge in [0.2, 0.25) is 0 Å². The molecule has 2 saturated carbocycles. The van der Waals surface area contributed by atoms with Gasteiger partial charge in [0.05, 0.1) is 0 Å². The maximum atomic E-state index is 11.4. The van der Waals surface area contributed by atoms with Crippen molar-refractivity contribution in [2.75, 3.05) is 0 Å². The lowest BCUT2D eigenvalue weighted by atomic mass is 9.86. The van der Waals surface area contributed by atoms with E-state index in [0.717, 1.165) is 25.7 Å². The summed E-state index contributed by atoms with van der Waals surface area (Å²) in [4.78, 5) is 11.4. The fourth-order valence-corrected chi connectivity index (χ4v) is 2.68. The molecule has 2 nitrogen and oxygen atoms in total. The molecule has 2 heteroatoms. The molecule has 0 aliphatic heterocycles. The van der Waals surface area contributed by atoms with E-state index < -0.39 is 5.60 Å². The molecule has 0 spiro atoms. The third-order valence-corrected chi connectivity index (χ3v) is 3.49. The number of carbonyl (C=O) groups excluding carboxylic acids is 1. The van der Waals surface area contributed by atoms with Gasteiger partial charge in [-0.25, -0.2) is 0 Å². The number of hydrogen-bond acceptors (Lipinski definition) is 2. The van der Waals surface area contributed by atoms with Crippen molar-refractivity contribution in [2.24, 2.45) is 5.92 Å². The minimum Gasteiger partial charge on any atom is -0.382 e. The number of hydrogen-bond donors (Lipinski definition) is 1. The third-order valence-electron chi connectivity index (χ3n) is 3.49. The van der Waals surface area contributed by atoms with E-state index in [4.69, 9.17) is 0 Å². The fraction of sp³-hybridized carbons (Fsp3) is 0.900. The Hall–Kier alpha value is -0.370. The third kappa shape index (κ3) is 1.09. The molecule has 0 aromatic carbocycles. The molecule has 0 unspecified atom stereocenters. The van der Waals surface area contributed by atoms with Gasteiger partial charge < -0.3 is 5.11 Å². The maximum absolute atomic E-state index is 11.4. The van der Waals surface area contributed by atoms with E-state index in [0.29, 0.717) is 6.42 Å². The molecule has 2 rings (SSSR count). The minimum atomic E-state index is -0.906. The number of ketones is 1. The van der Waals surface area contributed by atoms with Gasteiger partial charge in [0.25, 0.3) is 0 Å². The second kappa shape index (κ2) is 2.84. The summed E-state index contributed by atoms with van der Waals surface area (Å²) >= 11 is 0. The van der Waals surface area contributed by atoms with Crippen molar-refractivity contribution in [3.8, 4) is 0 Å². The molecule has 2 aliphatic rings. The van der Waals surface area contributed by atoms with Crippen LogP contribution in [0.3, 0.4) is 0 Å². The number of fused-ring (bicyclic) bond motifs is 1. The lowest BCUT2D eigenvalue weighted by molar-refractivity contribution is -0.137. The number of carbonyl (C=O) groups is 1. The summed E-state index contributed by atoms with van der Waals surface area (Å²) in [5.41, 5.74) is -0.906. The molecule has 0 radical (unpaired) electrons.